The summed E-state index contributed by atoms with van der Waals surface area (Å²) >= 11 is 0. The Labute approximate surface area is 118 Å². The summed E-state index contributed by atoms with van der Waals surface area (Å²) in [4.78, 5) is 0. The van der Waals surface area contributed by atoms with E-state index in [1.807, 2.05) is 0 Å². The molecule has 0 heterocycles. The zero-order chi connectivity index (χ0) is 13.9. The summed E-state index contributed by atoms with van der Waals surface area (Å²) in [5, 5.41) is 3.04. The zero-order valence-electron chi connectivity index (χ0n) is 12.5. The Kier molecular flexibility index (Phi) is 4.26. The summed E-state index contributed by atoms with van der Waals surface area (Å²) in [6, 6.07) is 18.5. The molecule has 0 saturated carbocycles. The summed E-state index contributed by atoms with van der Waals surface area (Å²) in [6.45, 7) is 9.30. The SMILES string of the molecule is CCc1ccc([Si](C)(C)c2ccc(CC)cc2)cc1. The first-order valence-corrected chi connectivity index (χ1v) is 10.3. The van der Waals surface area contributed by atoms with E-state index >= 15 is 0 Å². The van der Waals surface area contributed by atoms with Crippen LogP contribution in [0.5, 0.6) is 0 Å². The van der Waals surface area contributed by atoms with Crippen LogP contribution in [0.3, 0.4) is 0 Å². The monoisotopic (exact) mass is 268 g/mol. The zero-order valence-corrected chi connectivity index (χ0v) is 13.5. The molecular weight excluding hydrogens is 244 g/mol. The highest BCUT2D eigenvalue weighted by Gasteiger charge is 2.25. The van der Waals surface area contributed by atoms with E-state index in [9.17, 15) is 0 Å². The fourth-order valence-corrected chi connectivity index (χ4v) is 4.81. The summed E-state index contributed by atoms with van der Waals surface area (Å²) in [7, 11) is -1.53. The van der Waals surface area contributed by atoms with Crippen LogP contribution in [-0.2, 0) is 12.8 Å². The first-order valence-electron chi connectivity index (χ1n) is 7.26. The Morgan fingerprint density at radius 3 is 1.21 bits per heavy atom. The van der Waals surface area contributed by atoms with Gasteiger partial charge in [-0.1, -0.05) is 85.8 Å². The van der Waals surface area contributed by atoms with Gasteiger partial charge in [-0.25, -0.2) is 0 Å². The molecule has 19 heavy (non-hydrogen) atoms. The van der Waals surface area contributed by atoms with E-state index in [1.54, 1.807) is 0 Å². The lowest BCUT2D eigenvalue weighted by Gasteiger charge is -2.24. The highest BCUT2D eigenvalue weighted by atomic mass is 28.3. The van der Waals surface area contributed by atoms with Crippen LogP contribution >= 0.6 is 0 Å². The summed E-state index contributed by atoms with van der Waals surface area (Å²) in [5.74, 6) is 0. The van der Waals surface area contributed by atoms with Crippen molar-refractivity contribution in [3.05, 3.63) is 59.7 Å². The van der Waals surface area contributed by atoms with E-state index in [2.05, 4.69) is 75.5 Å². The van der Waals surface area contributed by atoms with E-state index in [4.69, 9.17) is 0 Å². The predicted octanol–water partition coefficient (Wildman–Crippen LogP) is 3.63. The Morgan fingerprint density at radius 1 is 0.632 bits per heavy atom. The Morgan fingerprint density at radius 2 is 0.947 bits per heavy atom. The molecule has 0 aliphatic carbocycles. The van der Waals surface area contributed by atoms with Crippen molar-refractivity contribution in [1.82, 2.24) is 0 Å². The maximum Gasteiger partial charge on any atom is 0.112 e. The fraction of sp³-hybridized carbons (Fsp3) is 0.333. The molecule has 0 aliphatic heterocycles. The van der Waals surface area contributed by atoms with E-state index < -0.39 is 8.07 Å². The molecule has 0 saturated heterocycles. The van der Waals surface area contributed by atoms with Gasteiger partial charge in [0.2, 0.25) is 0 Å². The van der Waals surface area contributed by atoms with Gasteiger partial charge in [-0.2, -0.15) is 0 Å². The minimum Gasteiger partial charge on any atom is -0.0623 e. The number of rotatable bonds is 4. The maximum atomic E-state index is 2.44. The van der Waals surface area contributed by atoms with E-state index in [0.717, 1.165) is 12.8 Å². The lowest BCUT2D eigenvalue weighted by molar-refractivity contribution is 1.14. The Hall–Kier alpha value is -1.34. The topological polar surface area (TPSA) is 0 Å². The van der Waals surface area contributed by atoms with E-state index in [0.29, 0.717) is 0 Å². The van der Waals surface area contributed by atoms with Crippen molar-refractivity contribution in [3.63, 3.8) is 0 Å². The average molecular weight is 268 g/mol. The molecule has 0 aromatic heterocycles. The summed E-state index contributed by atoms with van der Waals surface area (Å²) < 4.78 is 0. The first-order chi connectivity index (χ1) is 9.07. The maximum absolute atomic E-state index is 2.44. The average Bonchev–Trinajstić information content (AvgIpc) is 2.47. The molecule has 0 aliphatic rings. The molecule has 0 radical (unpaired) electrons. The number of hydrogen-bond acceptors (Lipinski definition) is 0. The normalized spacial score (nSPS) is 11.6. The van der Waals surface area contributed by atoms with Gasteiger partial charge in [0.1, 0.15) is 8.07 Å². The van der Waals surface area contributed by atoms with Crippen LogP contribution in [0.1, 0.15) is 25.0 Å². The number of aryl methyl sites for hydroxylation is 2. The highest BCUT2D eigenvalue weighted by Crippen LogP contribution is 2.08. The van der Waals surface area contributed by atoms with Crippen LogP contribution in [0.4, 0.5) is 0 Å². The van der Waals surface area contributed by atoms with Crippen LogP contribution < -0.4 is 10.4 Å². The molecular formula is C18H24Si. The van der Waals surface area contributed by atoms with Gasteiger partial charge in [0.05, 0.1) is 0 Å². The fourth-order valence-electron chi connectivity index (χ4n) is 2.48. The number of hydrogen-bond donors (Lipinski definition) is 0. The van der Waals surface area contributed by atoms with Crippen molar-refractivity contribution in [1.29, 1.82) is 0 Å². The van der Waals surface area contributed by atoms with Crippen molar-refractivity contribution < 1.29 is 0 Å². The molecule has 0 amide bonds. The van der Waals surface area contributed by atoms with Crippen molar-refractivity contribution in [2.45, 2.75) is 39.8 Å². The van der Waals surface area contributed by atoms with Crippen molar-refractivity contribution >= 4 is 18.4 Å². The van der Waals surface area contributed by atoms with Gasteiger partial charge >= 0.3 is 0 Å². The molecule has 0 fully saturated rings. The second-order valence-electron chi connectivity index (χ2n) is 5.73. The third-order valence-corrected chi connectivity index (χ3v) is 7.72. The molecule has 2 rings (SSSR count). The van der Waals surface area contributed by atoms with Crippen LogP contribution in [0.25, 0.3) is 0 Å². The smallest absolute Gasteiger partial charge is 0.0623 e. The first kappa shape index (κ1) is 14.1. The minimum atomic E-state index is -1.53. The molecule has 1 heteroatoms. The second-order valence-corrected chi connectivity index (χ2v) is 10.1. The molecule has 0 N–H and O–H groups in total. The van der Waals surface area contributed by atoms with Gasteiger partial charge in [0.15, 0.2) is 0 Å². The Balaban J connectivity index is 2.33. The van der Waals surface area contributed by atoms with Crippen molar-refractivity contribution in [2.75, 3.05) is 0 Å². The van der Waals surface area contributed by atoms with Crippen LogP contribution in [0, 0.1) is 0 Å². The second kappa shape index (κ2) is 5.75. The Bertz CT molecular complexity index is 471. The van der Waals surface area contributed by atoms with Crippen LogP contribution in [-0.4, -0.2) is 8.07 Å². The minimum absolute atomic E-state index is 1.12. The van der Waals surface area contributed by atoms with Gasteiger partial charge in [-0.15, -0.1) is 0 Å². The molecule has 0 spiro atoms. The molecule has 100 valence electrons. The van der Waals surface area contributed by atoms with Crippen LogP contribution in [0.2, 0.25) is 13.1 Å². The largest absolute Gasteiger partial charge is 0.112 e. The predicted molar refractivity (Wildman–Crippen MR) is 88.4 cm³/mol. The van der Waals surface area contributed by atoms with Gasteiger partial charge in [-0.3, -0.25) is 0 Å². The highest BCUT2D eigenvalue weighted by molar-refractivity contribution is 7.00. The molecule has 0 unspecified atom stereocenters. The van der Waals surface area contributed by atoms with Crippen molar-refractivity contribution in [3.8, 4) is 0 Å². The lowest BCUT2D eigenvalue weighted by atomic mass is 10.2. The van der Waals surface area contributed by atoms with Gasteiger partial charge < -0.3 is 0 Å². The third kappa shape index (κ3) is 2.98. The van der Waals surface area contributed by atoms with Crippen molar-refractivity contribution in [2.24, 2.45) is 0 Å². The third-order valence-electron chi connectivity index (χ3n) is 4.17. The van der Waals surface area contributed by atoms with Gasteiger partial charge in [-0.05, 0) is 24.0 Å². The molecule has 0 atom stereocenters. The molecule has 0 bridgehead atoms. The number of benzene rings is 2. The standard InChI is InChI=1S/C18H24Si/c1-5-15-7-11-17(12-8-15)19(3,4)18-13-9-16(6-2)10-14-18/h7-14H,5-6H2,1-4H3. The molecule has 2 aromatic carbocycles. The van der Waals surface area contributed by atoms with E-state index in [1.165, 1.54) is 21.5 Å². The van der Waals surface area contributed by atoms with Gasteiger partial charge in [0.25, 0.3) is 0 Å². The summed E-state index contributed by atoms with van der Waals surface area (Å²) in [6.07, 6.45) is 2.24. The molecule has 2 aromatic rings. The lowest BCUT2D eigenvalue weighted by Crippen LogP contribution is -2.52. The van der Waals surface area contributed by atoms with Crippen LogP contribution in [0.15, 0.2) is 48.5 Å². The quantitative estimate of drug-likeness (QED) is 0.743. The van der Waals surface area contributed by atoms with E-state index in [-0.39, 0.29) is 0 Å². The molecule has 0 nitrogen and oxygen atoms in total. The van der Waals surface area contributed by atoms with Gasteiger partial charge in [0, 0.05) is 0 Å². The summed E-state index contributed by atoms with van der Waals surface area (Å²) in [5.41, 5.74) is 2.85.